The van der Waals surface area contributed by atoms with E-state index in [0.29, 0.717) is 17.2 Å². The summed E-state index contributed by atoms with van der Waals surface area (Å²) in [4.78, 5) is 12.0. The molecule has 1 unspecified atom stereocenters. The Morgan fingerprint density at radius 2 is 2.33 bits per heavy atom. The van der Waals surface area contributed by atoms with Crippen LogP contribution in [-0.4, -0.2) is 31.4 Å². The van der Waals surface area contributed by atoms with Gasteiger partial charge in [0.2, 0.25) is 5.91 Å². The van der Waals surface area contributed by atoms with E-state index in [9.17, 15) is 9.18 Å². The summed E-state index contributed by atoms with van der Waals surface area (Å²) in [5, 5.41) is 2.75. The number of ether oxygens (including phenoxy) is 1. The van der Waals surface area contributed by atoms with Gasteiger partial charge in [0.15, 0.2) is 0 Å². The van der Waals surface area contributed by atoms with Crippen LogP contribution < -0.4 is 11.1 Å². The van der Waals surface area contributed by atoms with Crippen LogP contribution in [0, 0.1) is 5.82 Å². The van der Waals surface area contributed by atoms with Crippen LogP contribution >= 0.6 is 11.8 Å². The summed E-state index contributed by atoms with van der Waals surface area (Å²) in [6.45, 7) is 2.29. The zero-order valence-corrected chi connectivity index (χ0v) is 11.2. The topological polar surface area (TPSA) is 64.3 Å². The van der Waals surface area contributed by atoms with Crippen molar-refractivity contribution < 1.29 is 13.9 Å². The Morgan fingerprint density at radius 1 is 1.61 bits per heavy atom. The van der Waals surface area contributed by atoms with Crippen LogP contribution in [0.1, 0.15) is 6.92 Å². The van der Waals surface area contributed by atoms with Crippen molar-refractivity contribution in [2.45, 2.75) is 17.9 Å². The van der Waals surface area contributed by atoms with Gasteiger partial charge in [-0.05, 0) is 25.1 Å². The van der Waals surface area contributed by atoms with Gasteiger partial charge in [-0.3, -0.25) is 4.79 Å². The van der Waals surface area contributed by atoms with Crippen molar-refractivity contribution in [2.75, 3.05) is 25.2 Å². The van der Waals surface area contributed by atoms with Crippen molar-refractivity contribution in [1.82, 2.24) is 5.32 Å². The Bertz CT molecular complexity index is 415. The number of rotatable bonds is 6. The molecule has 3 N–H and O–H groups in total. The van der Waals surface area contributed by atoms with E-state index in [-0.39, 0.29) is 17.7 Å². The SMILES string of the molecule is COCC(C)NC(=O)CSc1ccc(N)cc1F. The molecule has 1 rings (SSSR count). The van der Waals surface area contributed by atoms with Gasteiger partial charge in [0.05, 0.1) is 12.4 Å². The lowest BCUT2D eigenvalue weighted by atomic mass is 10.3. The number of anilines is 1. The van der Waals surface area contributed by atoms with Gasteiger partial charge in [0, 0.05) is 23.7 Å². The third kappa shape index (κ3) is 4.93. The third-order valence-electron chi connectivity index (χ3n) is 2.14. The highest BCUT2D eigenvalue weighted by atomic mass is 32.2. The zero-order chi connectivity index (χ0) is 13.5. The minimum Gasteiger partial charge on any atom is -0.399 e. The van der Waals surface area contributed by atoms with Crippen LogP contribution in [-0.2, 0) is 9.53 Å². The number of methoxy groups -OCH3 is 1. The molecule has 4 nitrogen and oxygen atoms in total. The van der Waals surface area contributed by atoms with Gasteiger partial charge in [-0.1, -0.05) is 0 Å². The van der Waals surface area contributed by atoms with Crippen LogP contribution in [0.2, 0.25) is 0 Å². The maximum absolute atomic E-state index is 13.4. The number of hydrogen-bond donors (Lipinski definition) is 2. The molecule has 0 spiro atoms. The number of nitrogens with one attached hydrogen (secondary N) is 1. The van der Waals surface area contributed by atoms with Crippen LogP contribution in [0.3, 0.4) is 0 Å². The molecule has 0 aliphatic heterocycles. The maximum Gasteiger partial charge on any atom is 0.230 e. The fourth-order valence-electron chi connectivity index (χ4n) is 1.39. The smallest absolute Gasteiger partial charge is 0.230 e. The first-order valence-corrected chi connectivity index (χ1v) is 6.47. The summed E-state index contributed by atoms with van der Waals surface area (Å²) < 4.78 is 18.3. The summed E-state index contributed by atoms with van der Waals surface area (Å²) in [6.07, 6.45) is 0. The predicted molar refractivity (Wildman–Crippen MR) is 71.0 cm³/mol. The number of halogens is 1. The van der Waals surface area contributed by atoms with Gasteiger partial charge in [0.1, 0.15) is 5.82 Å². The summed E-state index contributed by atoms with van der Waals surface area (Å²) in [5.74, 6) is -0.395. The first-order chi connectivity index (χ1) is 8.52. The van der Waals surface area contributed by atoms with E-state index in [4.69, 9.17) is 10.5 Å². The molecule has 0 saturated carbocycles. The molecule has 0 heterocycles. The van der Waals surface area contributed by atoms with Gasteiger partial charge in [-0.2, -0.15) is 0 Å². The van der Waals surface area contributed by atoms with Gasteiger partial charge in [-0.25, -0.2) is 4.39 Å². The minimum absolute atomic E-state index is 0.0561. The number of benzene rings is 1. The Hall–Kier alpha value is -1.27. The molecule has 0 saturated heterocycles. The van der Waals surface area contributed by atoms with Crippen molar-refractivity contribution in [1.29, 1.82) is 0 Å². The Morgan fingerprint density at radius 3 is 2.94 bits per heavy atom. The van der Waals surface area contributed by atoms with Crippen LogP contribution in [0.25, 0.3) is 0 Å². The summed E-state index contributed by atoms with van der Waals surface area (Å²) in [5.41, 5.74) is 5.81. The average Bonchev–Trinajstić information content (AvgIpc) is 2.28. The van der Waals surface area contributed by atoms with Gasteiger partial charge >= 0.3 is 0 Å². The molecule has 0 radical (unpaired) electrons. The van der Waals surface area contributed by atoms with E-state index >= 15 is 0 Å². The first kappa shape index (κ1) is 14.8. The second kappa shape index (κ2) is 7.23. The Balaban J connectivity index is 2.42. The Labute approximate surface area is 110 Å². The molecular weight excluding hydrogens is 255 g/mol. The molecule has 1 amide bonds. The lowest BCUT2D eigenvalue weighted by molar-refractivity contribution is -0.119. The van der Waals surface area contributed by atoms with Crippen LogP contribution in [0.4, 0.5) is 10.1 Å². The van der Waals surface area contributed by atoms with E-state index in [1.54, 1.807) is 19.2 Å². The number of amides is 1. The van der Waals surface area contributed by atoms with E-state index in [1.807, 2.05) is 6.92 Å². The largest absolute Gasteiger partial charge is 0.399 e. The highest BCUT2D eigenvalue weighted by molar-refractivity contribution is 8.00. The number of hydrogen-bond acceptors (Lipinski definition) is 4. The highest BCUT2D eigenvalue weighted by Crippen LogP contribution is 2.23. The number of nitrogen functional groups attached to an aromatic ring is 1. The molecule has 6 heteroatoms. The summed E-state index contributed by atoms with van der Waals surface area (Å²) in [7, 11) is 1.57. The van der Waals surface area contributed by atoms with Gasteiger partial charge in [-0.15, -0.1) is 11.8 Å². The molecule has 1 atom stereocenters. The lowest BCUT2D eigenvalue weighted by Gasteiger charge is -2.12. The lowest BCUT2D eigenvalue weighted by Crippen LogP contribution is -2.36. The van der Waals surface area contributed by atoms with Gasteiger partial charge < -0.3 is 15.8 Å². The van der Waals surface area contributed by atoms with Crippen LogP contribution in [0.5, 0.6) is 0 Å². The Kier molecular flexibility index (Phi) is 5.94. The molecule has 1 aromatic rings. The van der Waals surface area contributed by atoms with Crippen molar-refractivity contribution >= 4 is 23.4 Å². The quantitative estimate of drug-likeness (QED) is 0.610. The first-order valence-electron chi connectivity index (χ1n) is 5.49. The van der Waals surface area contributed by atoms with E-state index in [1.165, 1.54) is 6.07 Å². The molecule has 0 fully saturated rings. The van der Waals surface area contributed by atoms with Crippen molar-refractivity contribution in [3.05, 3.63) is 24.0 Å². The second-order valence-electron chi connectivity index (χ2n) is 3.90. The molecule has 1 aromatic carbocycles. The summed E-state index contributed by atoms with van der Waals surface area (Å²) >= 11 is 1.14. The average molecular weight is 272 g/mol. The predicted octanol–water partition coefficient (Wildman–Crippen LogP) is 1.65. The molecule has 18 heavy (non-hydrogen) atoms. The molecular formula is C12H17FN2O2S. The highest BCUT2D eigenvalue weighted by Gasteiger charge is 2.09. The number of nitrogens with two attached hydrogens (primary N) is 1. The van der Waals surface area contributed by atoms with Gasteiger partial charge in [0.25, 0.3) is 0 Å². The minimum atomic E-state index is -0.405. The molecule has 0 aliphatic rings. The van der Waals surface area contributed by atoms with Crippen molar-refractivity contribution in [3.8, 4) is 0 Å². The normalized spacial score (nSPS) is 12.2. The maximum atomic E-state index is 13.4. The number of carbonyl (C=O) groups is 1. The van der Waals surface area contributed by atoms with E-state index in [2.05, 4.69) is 5.32 Å². The van der Waals surface area contributed by atoms with Crippen molar-refractivity contribution in [2.24, 2.45) is 0 Å². The third-order valence-corrected chi connectivity index (χ3v) is 3.19. The molecule has 0 aliphatic carbocycles. The number of carbonyl (C=O) groups excluding carboxylic acids is 1. The standard InChI is InChI=1S/C12H17FN2O2S/c1-8(6-17-2)15-12(16)7-18-11-4-3-9(14)5-10(11)13/h3-5,8H,6-7,14H2,1-2H3,(H,15,16). The monoisotopic (exact) mass is 272 g/mol. The fraction of sp³-hybridized carbons (Fsp3) is 0.417. The molecule has 0 aromatic heterocycles. The fourth-order valence-corrected chi connectivity index (χ4v) is 2.12. The van der Waals surface area contributed by atoms with Crippen LogP contribution in [0.15, 0.2) is 23.1 Å². The molecule has 0 bridgehead atoms. The van der Waals surface area contributed by atoms with E-state index < -0.39 is 5.82 Å². The number of thioether (sulfide) groups is 1. The van der Waals surface area contributed by atoms with E-state index in [0.717, 1.165) is 11.8 Å². The molecule has 100 valence electrons. The summed E-state index contributed by atoms with van der Waals surface area (Å²) in [6, 6.07) is 4.37. The van der Waals surface area contributed by atoms with Crippen molar-refractivity contribution in [3.63, 3.8) is 0 Å². The second-order valence-corrected chi connectivity index (χ2v) is 4.92. The zero-order valence-electron chi connectivity index (χ0n) is 10.4.